The molecule has 0 heterocycles. The fourth-order valence-corrected chi connectivity index (χ4v) is 3.30. The highest BCUT2D eigenvalue weighted by molar-refractivity contribution is 5.77. The summed E-state index contributed by atoms with van der Waals surface area (Å²) in [6.07, 6.45) is 0. The Morgan fingerprint density at radius 1 is 0.417 bits per heavy atom. The minimum Gasteiger partial charge on any atom is -0.310 e. The molecule has 0 aliphatic carbocycles. The molecule has 0 aliphatic heterocycles. The van der Waals surface area contributed by atoms with Crippen molar-refractivity contribution in [3.8, 4) is 0 Å². The fraction of sp³-hybridized carbons (Fsp3) is 0.217. The van der Waals surface area contributed by atoms with Crippen molar-refractivity contribution in [2.75, 3.05) is 4.90 Å². The molecule has 0 aromatic heterocycles. The van der Waals surface area contributed by atoms with Gasteiger partial charge in [0.25, 0.3) is 0 Å². The van der Waals surface area contributed by atoms with Crippen LogP contribution in [0.2, 0.25) is 0 Å². The lowest BCUT2D eigenvalue weighted by Crippen LogP contribution is -2.11. The van der Waals surface area contributed by atoms with Gasteiger partial charge in [0.1, 0.15) is 0 Å². The summed E-state index contributed by atoms with van der Waals surface area (Å²) < 4.78 is 0. The molecule has 3 aromatic carbocycles. The van der Waals surface area contributed by atoms with Crippen LogP contribution in [0.3, 0.4) is 0 Å². The number of hydrogen-bond donors (Lipinski definition) is 0. The summed E-state index contributed by atoms with van der Waals surface area (Å²) in [6, 6.07) is 22.2. The Hall–Kier alpha value is -2.54. The van der Waals surface area contributed by atoms with Gasteiger partial charge in [-0.2, -0.15) is 0 Å². The van der Waals surface area contributed by atoms with Crippen LogP contribution in [0.1, 0.15) is 27.8 Å². The Morgan fingerprint density at radius 3 is 1.17 bits per heavy atom. The Balaban J connectivity index is 2.21. The van der Waals surface area contributed by atoms with Gasteiger partial charge in [0.15, 0.2) is 0 Å². The molecule has 0 aliphatic rings. The summed E-state index contributed by atoms with van der Waals surface area (Å²) in [5.74, 6) is 0. The van der Waals surface area contributed by atoms with Crippen molar-refractivity contribution in [3.63, 3.8) is 0 Å². The van der Waals surface area contributed by atoms with Crippen molar-refractivity contribution < 1.29 is 0 Å². The number of rotatable bonds is 3. The first-order valence-corrected chi connectivity index (χ1v) is 8.46. The average molecular weight is 315 g/mol. The van der Waals surface area contributed by atoms with Crippen LogP contribution < -0.4 is 4.90 Å². The van der Waals surface area contributed by atoms with Gasteiger partial charge in [-0.1, -0.05) is 29.8 Å². The second-order valence-electron chi connectivity index (χ2n) is 6.86. The van der Waals surface area contributed by atoms with E-state index in [2.05, 4.69) is 100 Å². The molecule has 1 heteroatoms. The average Bonchev–Trinajstić information content (AvgIpc) is 2.47. The van der Waals surface area contributed by atoms with Gasteiger partial charge in [-0.15, -0.1) is 0 Å². The van der Waals surface area contributed by atoms with Crippen molar-refractivity contribution in [2.24, 2.45) is 0 Å². The zero-order valence-corrected chi connectivity index (χ0v) is 15.2. The van der Waals surface area contributed by atoms with E-state index in [1.807, 2.05) is 0 Å². The first kappa shape index (κ1) is 16.3. The molecule has 0 radical (unpaired) electrons. The summed E-state index contributed by atoms with van der Waals surface area (Å²) in [5.41, 5.74) is 10.0. The van der Waals surface area contributed by atoms with E-state index in [1.54, 1.807) is 0 Å². The second kappa shape index (κ2) is 6.52. The lowest BCUT2D eigenvalue weighted by molar-refractivity contribution is 1.23. The van der Waals surface area contributed by atoms with Crippen molar-refractivity contribution in [2.45, 2.75) is 34.6 Å². The number of anilines is 3. The van der Waals surface area contributed by atoms with E-state index < -0.39 is 0 Å². The molecule has 0 atom stereocenters. The van der Waals surface area contributed by atoms with Gasteiger partial charge in [-0.25, -0.2) is 0 Å². The molecule has 3 aromatic rings. The lowest BCUT2D eigenvalue weighted by Gasteiger charge is -2.27. The SMILES string of the molecule is Cc1ccc(N(c2cc(C)cc(C)c2)c2cc(C)cc(C)c2)cc1. The smallest absolute Gasteiger partial charge is 0.0466 e. The predicted octanol–water partition coefficient (Wildman–Crippen LogP) is 6.70. The molecular formula is C23H25N. The summed E-state index contributed by atoms with van der Waals surface area (Å²) in [7, 11) is 0. The second-order valence-corrected chi connectivity index (χ2v) is 6.86. The number of nitrogens with zero attached hydrogens (tertiary/aromatic N) is 1. The van der Waals surface area contributed by atoms with Crippen LogP contribution in [0.4, 0.5) is 17.1 Å². The van der Waals surface area contributed by atoms with E-state index in [9.17, 15) is 0 Å². The molecule has 0 fully saturated rings. The third-order valence-electron chi connectivity index (χ3n) is 4.22. The molecule has 0 bridgehead atoms. The van der Waals surface area contributed by atoms with Crippen LogP contribution in [-0.2, 0) is 0 Å². The van der Waals surface area contributed by atoms with Gasteiger partial charge in [0, 0.05) is 17.1 Å². The molecule has 3 rings (SSSR count). The van der Waals surface area contributed by atoms with Gasteiger partial charge in [-0.05, 0) is 93.3 Å². The van der Waals surface area contributed by atoms with Gasteiger partial charge in [0.2, 0.25) is 0 Å². The van der Waals surface area contributed by atoms with Gasteiger partial charge < -0.3 is 4.90 Å². The van der Waals surface area contributed by atoms with E-state index in [1.165, 1.54) is 44.9 Å². The number of hydrogen-bond acceptors (Lipinski definition) is 1. The Labute approximate surface area is 145 Å². The summed E-state index contributed by atoms with van der Waals surface area (Å²) in [6.45, 7) is 10.8. The minimum absolute atomic E-state index is 1.19. The first-order chi connectivity index (χ1) is 11.4. The van der Waals surface area contributed by atoms with Gasteiger partial charge >= 0.3 is 0 Å². The molecule has 0 spiro atoms. The predicted molar refractivity (Wildman–Crippen MR) is 105 cm³/mol. The molecule has 0 N–H and O–H groups in total. The Kier molecular flexibility index (Phi) is 4.44. The van der Waals surface area contributed by atoms with E-state index in [0.717, 1.165) is 0 Å². The Morgan fingerprint density at radius 2 is 0.792 bits per heavy atom. The molecule has 0 saturated heterocycles. The molecule has 122 valence electrons. The van der Waals surface area contributed by atoms with Gasteiger partial charge in [0.05, 0.1) is 0 Å². The van der Waals surface area contributed by atoms with Crippen LogP contribution >= 0.6 is 0 Å². The summed E-state index contributed by atoms with van der Waals surface area (Å²) in [5, 5.41) is 0. The first-order valence-electron chi connectivity index (χ1n) is 8.46. The van der Waals surface area contributed by atoms with E-state index in [0.29, 0.717) is 0 Å². The molecule has 0 saturated carbocycles. The third kappa shape index (κ3) is 3.51. The summed E-state index contributed by atoms with van der Waals surface area (Å²) >= 11 is 0. The quantitative estimate of drug-likeness (QED) is 0.520. The van der Waals surface area contributed by atoms with Crippen LogP contribution in [0, 0.1) is 34.6 Å². The molecule has 1 nitrogen and oxygen atoms in total. The van der Waals surface area contributed by atoms with Crippen LogP contribution in [0.5, 0.6) is 0 Å². The fourth-order valence-electron chi connectivity index (χ4n) is 3.30. The Bertz CT molecular complexity index is 768. The minimum atomic E-state index is 1.19. The zero-order chi connectivity index (χ0) is 17.3. The maximum absolute atomic E-state index is 2.35. The monoisotopic (exact) mass is 315 g/mol. The standard InChI is InChI=1S/C23H25N/c1-16-6-8-21(9-7-16)24(22-12-17(2)10-18(3)13-22)23-14-19(4)11-20(5)15-23/h6-15H,1-5H3. The highest BCUT2D eigenvalue weighted by Crippen LogP contribution is 2.36. The van der Waals surface area contributed by atoms with E-state index in [-0.39, 0.29) is 0 Å². The lowest BCUT2D eigenvalue weighted by atomic mass is 10.1. The topological polar surface area (TPSA) is 3.24 Å². The molecule has 24 heavy (non-hydrogen) atoms. The highest BCUT2D eigenvalue weighted by Gasteiger charge is 2.13. The summed E-state index contributed by atoms with van der Waals surface area (Å²) in [4.78, 5) is 2.35. The highest BCUT2D eigenvalue weighted by atomic mass is 15.1. The number of aryl methyl sites for hydroxylation is 5. The van der Waals surface area contributed by atoms with E-state index in [4.69, 9.17) is 0 Å². The van der Waals surface area contributed by atoms with E-state index >= 15 is 0 Å². The zero-order valence-electron chi connectivity index (χ0n) is 15.2. The van der Waals surface area contributed by atoms with Gasteiger partial charge in [-0.3, -0.25) is 0 Å². The largest absolute Gasteiger partial charge is 0.310 e. The maximum atomic E-state index is 2.35. The number of benzene rings is 3. The van der Waals surface area contributed by atoms with Crippen molar-refractivity contribution >= 4 is 17.1 Å². The van der Waals surface area contributed by atoms with Crippen LogP contribution in [0.15, 0.2) is 60.7 Å². The maximum Gasteiger partial charge on any atom is 0.0466 e. The molecule has 0 amide bonds. The van der Waals surface area contributed by atoms with Crippen LogP contribution in [0.25, 0.3) is 0 Å². The van der Waals surface area contributed by atoms with Crippen LogP contribution in [-0.4, -0.2) is 0 Å². The van der Waals surface area contributed by atoms with Crippen molar-refractivity contribution in [1.29, 1.82) is 0 Å². The van der Waals surface area contributed by atoms with Crippen molar-refractivity contribution in [1.82, 2.24) is 0 Å². The third-order valence-corrected chi connectivity index (χ3v) is 4.22. The normalized spacial score (nSPS) is 10.7. The van der Waals surface area contributed by atoms with Crippen molar-refractivity contribution in [3.05, 3.63) is 88.5 Å². The molecular weight excluding hydrogens is 290 g/mol. The molecule has 0 unspecified atom stereocenters.